The van der Waals surface area contributed by atoms with Gasteiger partial charge in [-0.1, -0.05) is 47.6 Å². The number of rotatable bonds is 7. The molecule has 0 aliphatic heterocycles. The standard InChI is InChI=1S/C27H25FN2O2/c1-19(29-32-18-21-8-7-11-25(16-21)31-3)26-17-27(22-9-5-4-6-10-22)30(20(26)2)24-14-12-23(28)13-15-24/h4-17H,18H2,1-3H3. The summed E-state index contributed by atoms with van der Waals surface area (Å²) < 4.78 is 20.9. The van der Waals surface area contributed by atoms with Crippen molar-refractivity contribution in [2.24, 2.45) is 5.16 Å². The molecule has 0 radical (unpaired) electrons. The van der Waals surface area contributed by atoms with E-state index in [4.69, 9.17) is 9.57 Å². The molecule has 0 spiro atoms. The van der Waals surface area contributed by atoms with Gasteiger partial charge in [-0.05, 0) is 67.4 Å². The van der Waals surface area contributed by atoms with Gasteiger partial charge in [0.05, 0.1) is 18.5 Å². The summed E-state index contributed by atoms with van der Waals surface area (Å²) in [6, 6.07) is 26.4. The minimum atomic E-state index is -0.260. The molecular weight excluding hydrogens is 403 g/mol. The van der Waals surface area contributed by atoms with Crippen molar-refractivity contribution in [2.75, 3.05) is 7.11 Å². The van der Waals surface area contributed by atoms with Crippen LogP contribution in [0.1, 0.15) is 23.7 Å². The Labute approximate surface area is 187 Å². The Balaban J connectivity index is 1.67. The maximum Gasteiger partial charge on any atom is 0.142 e. The number of methoxy groups -OCH3 is 1. The number of ether oxygens (including phenoxy) is 1. The summed E-state index contributed by atoms with van der Waals surface area (Å²) >= 11 is 0. The summed E-state index contributed by atoms with van der Waals surface area (Å²) in [6.45, 7) is 4.31. The number of hydrogen-bond donors (Lipinski definition) is 0. The predicted molar refractivity (Wildman–Crippen MR) is 126 cm³/mol. The van der Waals surface area contributed by atoms with E-state index in [9.17, 15) is 4.39 Å². The average Bonchev–Trinajstić information content (AvgIpc) is 3.17. The Bertz CT molecular complexity index is 1230. The Morgan fingerprint density at radius 3 is 2.41 bits per heavy atom. The molecule has 0 aliphatic carbocycles. The lowest BCUT2D eigenvalue weighted by molar-refractivity contribution is 0.130. The number of hydrogen-bond acceptors (Lipinski definition) is 3. The monoisotopic (exact) mass is 428 g/mol. The fraction of sp³-hybridized carbons (Fsp3) is 0.148. The van der Waals surface area contributed by atoms with Crippen LogP contribution in [0.3, 0.4) is 0 Å². The second-order valence-electron chi connectivity index (χ2n) is 7.51. The number of halogens is 1. The fourth-order valence-corrected chi connectivity index (χ4v) is 3.73. The fourth-order valence-electron chi connectivity index (χ4n) is 3.73. The van der Waals surface area contributed by atoms with Gasteiger partial charge in [-0.3, -0.25) is 0 Å². The predicted octanol–water partition coefficient (Wildman–Crippen LogP) is 6.54. The van der Waals surface area contributed by atoms with Gasteiger partial charge < -0.3 is 14.1 Å². The molecular formula is C27H25FN2O2. The topological polar surface area (TPSA) is 35.8 Å². The molecule has 0 aliphatic rings. The Morgan fingerprint density at radius 1 is 0.938 bits per heavy atom. The molecule has 4 nitrogen and oxygen atoms in total. The van der Waals surface area contributed by atoms with Crippen LogP contribution in [0, 0.1) is 12.7 Å². The van der Waals surface area contributed by atoms with E-state index in [0.717, 1.165) is 45.2 Å². The zero-order valence-electron chi connectivity index (χ0n) is 18.4. The highest BCUT2D eigenvalue weighted by Crippen LogP contribution is 2.30. The van der Waals surface area contributed by atoms with Crippen LogP contribution in [0.25, 0.3) is 16.9 Å². The van der Waals surface area contributed by atoms with Crippen LogP contribution in [0.5, 0.6) is 5.75 Å². The molecule has 0 saturated carbocycles. The number of oxime groups is 1. The van der Waals surface area contributed by atoms with Gasteiger partial charge in [0.25, 0.3) is 0 Å². The molecule has 3 aromatic carbocycles. The third-order valence-electron chi connectivity index (χ3n) is 5.36. The van der Waals surface area contributed by atoms with Gasteiger partial charge in [-0.2, -0.15) is 0 Å². The van der Waals surface area contributed by atoms with Crippen molar-refractivity contribution in [1.29, 1.82) is 0 Å². The van der Waals surface area contributed by atoms with E-state index in [1.54, 1.807) is 19.2 Å². The SMILES string of the molecule is COc1cccc(CON=C(C)c2cc(-c3ccccc3)n(-c3ccc(F)cc3)c2C)c1. The molecule has 0 bridgehead atoms. The summed E-state index contributed by atoms with van der Waals surface area (Å²) in [5, 5.41) is 4.36. The summed E-state index contributed by atoms with van der Waals surface area (Å²) in [5.41, 5.74) is 6.68. The van der Waals surface area contributed by atoms with Crippen molar-refractivity contribution in [3.8, 4) is 22.7 Å². The van der Waals surface area contributed by atoms with Crippen LogP contribution in [0.15, 0.2) is 90.1 Å². The second-order valence-corrected chi connectivity index (χ2v) is 7.51. The first-order chi connectivity index (χ1) is 15.6. The highest BCUT2D eigenvalue weighted by molar-refractivity contribution is 6.01. The third-order valence-corrected chi connectivity index (χ3v) is 5.36. The van der Waals surface area contributed by atoms with Crippen LogP contribution in [-0.2, 0) is 11.4 Å². The molecule has 0 N–H and O–H groups in total. The summed E-state index contributed by atoms with van der Waals surface area (Å²) in [4.78, 5) is 5.64. The highest BCUT2D eigenvalue weighted by atomic mass is 19.1. The van der Waals surface area contributed by atoms with Gasteiger partial charge in [0, 0.05) is 16.9 Å². The van der Waals surface area contributed by atoms with Crippen molar-refractivity contribution in [3.63, 3.8) is 0 Å². The first-order valence-corrected chi connectivity index (χ1v) is 10.4. The molecule has 0 atom stereocenters. The maximum absolute atomic E-state index is 13.5. The Kier molecular flexibility index (Phi) is 6.36. The van der Waals surface area contributed by atoms with Crippen LogP contribution < -0.4 is 4.74 Å². The molecule has 32 heavy (non-hydrogen) atoms. The zero-order chi connectivity index (χ0) is 22.5. The molecule has 0 fully saturated rings. The van der Waals surface area contributed by atoms with Crippen molar-refractivity contribution in [2.45, 2.75) is 20.5 Å². The maximum atomic E-state index is 13.5. The lowest BCUT2D eigenvalue weighted by atomic mass is 10.1. The van der Waals surface area contributed by atoms with E-state index in [1.807, 2.05) is 56.3 Å². The van der Waals surface area contributed by atoms with Crippen LogP contribution in [0.2, 0.25) is 0 Å². The van der Waals surface area contributed by atoms with Gasteiger partial charge in [-0.15, -0.1) is 0 Å². The van der Waals surface area contributed by atoms with Gasteiger partial charge >= 0.3 is 0 Å². The van der Waals surface area contributed by atoms with Crippen molar-refractivity contribution < 1.29 is 14.0 Å². The smallest absolute Gasteiger partial charge is 0.142 e. The van der Waals surface area contributed by atoms with Crippen LogP contribution in [0.4, 0.5) is 4.39 Å². The molecule has 4 aromatic rings. The second kappa shape index (κ2) is 9.52. The van der Waals surface area contributed by atoms with Crippen LogP contribution >= 0.6 is 0 Å². The molecule has 1 heterocycles. The minimum Gasteiger partial charge on any atom is -0.497 e. The number of benzene rings is 3. The third kappa shape index (κ3) is 4.57. The molecule has 1 aromatic heterocycles. The Hall–Kier alpha value is -3.86. The van der Waals surface area contributed by atoms with Gasteiger partial charge in [0.15, 0.2) is 0 Å². The minimum absolute atomic E-state index is 0.260. The lowest BCUT2D eigenvalue weighted by Gasteiger charge is -2.12. The largest absolute Gasteiger partial charge is 0.497 e. The average molecular weight is 429 g/mol. The van der Waals surface area contributed by atoms with Gasteiger partial charge in [0.1, 0.15) is 18.2 Å². The van der Waals surface area contributed by atoms with E-state index in [2.05, 4.69) is 27.9 Å². The molecule has 162 valence electrons. The Morgan fingerprint density at radius 2 is 1.69 bits per heavy atom. The van der Waals surface area contributed by atoms with Crippen molar-refractivity contribution in [3.05, 3.63) is 108 Å². The number of aromatic nitrogens is 1. The molecule has 5 heteroatoms. The van der Waals surface area contributed by atoms with Crippen LogP contribution in [-0.4, -0.2) is 17.4 Å². The van der Waals surface area contributed by atoms with Gasteiger partial charge in [0.2, 0.25) is 0 Å². The normalized spacial score (nSPS) is 11.4. The molecule has 0 unspecified atom stereocenters. The van der Waals surface area contributed by atoms with E-state index in [-0.39, 0.29) is 5.82 Å². The first-order valence-electron chi connectivity index (χ1n) is 10.4. The van der Waals surface area contributed by atoms with E-state index < -0.39 is 0 Å². The molecule has 4 rings (SSSR count). The first kappa shape index (κ1) is 21.4. The lowest BCUT2D eigenvalue weighted by Crippen LogP contribution is -2.02. The summed E-state index contributed by atoms with van der Waals surface area (Å²) in [6.07, 6.45) is 0. The quantitative estimate of drug-likeness (QED) is 0.247. The zero-order valence-corrected chi connectivity index (χ0v) is 18.4. The summed E-state index contributed by atoms with van der Waals surface area (Å²) in [7, 11) is 1.64. The van der Waals surface area contributed by atoms with Gasteiger partial charge in [-0.25, -0.2) is 4.39 Å². The van der Waals surface area contributed by atoms with Crippen molar-refractivity contribution >= 4 is 5.71 Å². The van der Waals surface area contributed by atoms with E-state index in [1.165, 1.54) is 12.1 Å². The molecule has 0 amide bonds. The molecule has 0 saturated heterocycles. The van der Waals surface area contributed by atoms with Crippen molar-refractivity contribution in [1.82, 2.24) is 4.57 Å². The summed E-state index contributed by atoms with van der Waals surface area (Å²) in [5.74, 6) is 0.523. The van der Waals surface area contributed by atoms with E-state index in [0.29, 0.717) is 6.61 Å². The van der Waals surface area contributed by atoms with E-state index >= 15 is 0 Å². The number of nitrogens with zero attached hydrogens (tertiary/aromatic N) is 2. The highest BCUT2D eigenvalue weighted by Gasteiger charge is 2.17.